The summed E-state index contributed by atoms with van der Waals surface area (Å²) in [6, 6.07) is 2.92. The van der Waals surface area contributed by atoms with Gasteiger partial charge in [0.15, 0.2) is 0 Å². The van der Waals surface area contributed by atoms with Crippen molar-refractivity contribution >= 4 is 46.3 Å². The Bertz CT molecular complexity index is 605. The standard InChI is InChI=1S/C13H13NO4S2/c1-7-4-5-9(19-7)6-10-11(15)14(13(17)20-10)8(2)12(16)18-3/h4-6,8H,1-3H3/b10-6+/t8-/m0/s1. The monoisotopic (exact) mass is 311 g/mol. The molecule has 7 heteroatoms. The first-order valence-corrected chi connectivity index (χ1v) is 7.48. The number of carbonyl (C=O) groups excluding carboxylic acids is 3. The van der Waals surface area contributed by atoms with E-state index in [0.717, 1.165) is 26.4 Å². The van der Waals surface area contributed by atoms with Crippen LogP contribution in [0, 0.1) is 6.92 Å². The van der Waals surface area contributed by atoms with E-state index in [9.17, 15) is 14.4 Å². The van der Waals surface area contributed by atoms with Crippen LogP contribution in [0.2, 0.25) is 0 Å². The van der Waals surface area contributed by atoms with Crippen molar-refractivity contribution in [3.8, 4) is 0 Å². The molecule has 0 bridgehead atoms. The van der Waals surface area contributed by atoms with Gasteiger partial charge in [0.05, 0.1) is 12.0 Å². The van der Waals surface area contributed by atoms with Crippen molar-refractivity contribution in [1.29, 1.82) is 0 Å². The summed E-state index contributed by atoms with van der Waals surface area (Å²) in [5.41, 5.74) is 0. The van der Waals surface area contributed by atoms with E-state index in [1.54, 1.807) is 6.08 Å². The molecule has 1 saturated heterocycles. The molecule has 1 aliphatic rings. The molecule has 1 aromatic heterocycles. The molecule has 1 atom stereocenters. The third kappa shape index (κ3) is 2.78. The molecule has 0 saturated carbocycles. The fourth-order valence-corrected chi connectivity index (χ4v) is 3.54. The van der Waals surface area contributed by atoms with Crippen molar-refractivity contribution in [2.24, 2.45) is 0 Å². The van der Waals surface area contributed by atoms with Gasteiger partial charge in [0.1, 0.15) is 6.04 Å². The van der Waals surface area contributed by atoms with Crippen LogP contribution in [-0.2, 0) is 14.3 Å². The summed E-state index contributed by atoms with van der Waals surface area (Å²) < 4.78 is 4.57. The van der Waals surface area contributed by atoms with Gasteiger partial charge in [-0.1, -0.05) is 0 Å². The topological polar surface area (TPSA) is 63.7 Å². The minimum atomic E-state index is -0.913. The Morgan fingerprint density at radius 3 is 2.65 bits per heavy atom. The number of ether oxygens (including phenoxy) is 1. The van der Waals surface area contributed by atoms with E-state index in [2.05, 4.69) is 4.74 Å². The highest BCUT2D eigenvalue weighted by Gasteiger charge is 2.41. The van der Waals surface area contributed by atoms with E-state index >= 15 is 0 Å². The van der Waals surface area contributed by atoms with Crippen molar-refractivity contribution in [1.82, 2.24) is 4.90 Å². The highest BCUT2D eigenvalue weighted by molar-refractivity contribution is 8.18. The molecule has 0 unspecified atom stereocenters. The van der Waals surface area contributed by atoms with Gasteiger partial charge in [-0.2, -0.15) is 0 Å². The number of methoxy groups -OCH3 is 1. The van der Waals surface area contributed by atoms with E-state index < -0.39 is 23.2 Å². The minimum absolute atomic E-state index is 0.326. The molecule has 2 rings (SSSR count). The fourth-order valence-electron chi connectivity index (χ4n) is 1.75. The van der Waals surface area contributed by atoms with Crippen LogP contribution in [0.3, 0.4) is 0 Å². The lowest BCUT2D eigenvalue weighted by atomic mass is 10.3. The van der Waals surface area contributed by atoms with Gasteiger partial charge in [-0.25, -0.2) is 4.79 Å². The molecule has 2 heterocycles. The normalized spacial score (nSPS) is 18.8. The van der Waals surface area contributed by atoms with Crippen molar-refractivity contribution in [2.45, 2.75) is 19.9 Å². The molecule has 2 amide bonds. The second kappa shape index (κ2) is 5.80. The molecule has 1 aliphatic heterocycles. The van der Waals surface area contributed by atoms with Gasteiger partial charge in [0.25, 0.3) is 11.1 Å². The number of rotatable bonds is 3. The minimum Gasteiger partial charge on any atom is -0.467 e. The highest BCUT2D eigenvalue weighted by Crippen LogP contribution is 2.34. The van der Waals surface area contributed by atoms with Crippen LogP contribution in [0.15, 0.2) is 17.0 Å². The van der Waals surface area contributed by atoms with Gasteiger partial charge >= 0.3 is 5.97 Å². The lowest BCUT2D eigenvalue weighted by Crippen LogP contribution is -2.42. The molecule has 1 fully saturated rings. The number of aryl methyl sites for hydroxylation is 1. The van der Waals surface area contributed by atoms with Gasteiger partial charge in [-0.05, 0) is 43.8 Å². The first-order valence-electron chi connectivity index (χ1n) is 5.85. The Balaban J connectivity index is 2.25. The van der Waals surface area contributed by atoms with Gasteiger partial charge in [-0.15, -0.1) is 11.3 Å². The number of thioether (sulfide) groups is 1. The number of hydrogen-bond donors (Lipinski definition) is 0. The van der Waals surface area contributed by atoms with Crippen molar-refractivity contribution in [3.63, 3.8) is 0 Å². The maximum atomic E-state index is 12.2. The lowest BCUT2D eigenvalue weighted by molar-refractivity contribution is -0.148. The van der Waals surface area contributed by atoms with E-state index in [-0.39, 0.29) is 0 Å². The second-order valence-electron chi connectivity index (χ2n) is 4.20. The van der Waals surface area contributed by atoms with Crippen LogP contribution in [0.5, 0.6) is 0 Å². The molecule has 1 aromatic rings. The van der Waals surface area contributed by atoms with Crippen LogP contribution in [-0.4, -0.2) is 35.2 Å². The zero-order chi connectivity index (χ0) is 14.9. The van der Waals surface area contributed by atoms with Crippen molar-refractivity contribution < 1.29 is 19.1 Å². The predicted molar refractivity (Wildman–Crippen MR) is 78.3 cm³/mol. The summed E-state index contributed by atoms with van der Waals surface area (Å²) in [6.07, 6.45) is 1.67. The molecule has 20 heavy (non-hydrogen) atoms. The lowest BCUT2D eigenvalue weighted by Gasteiger charge is -2.18. The molecule has 0 spiro atoms. The number of imide groups is 1. The van der Waals surface area contributed by atoms with Crippen LogP contribution in [0.4, 0.5) is 4.79 Å². The highest BCUT2D eigenvalue weighted by atomic mass is 32.2. The van der Waals surface area contributed by atoms with Crippen LogP contribution in [0.25, 0.3) is 6.08 Å². The first kappa shape index (κ1) is 14.8. The Labute approximate surface area is 124 Å². The molecular weight excluding hydrogens is 298 g/mol. The molecule has 0 N–H and O–H groups in total. The summed E-state index contributed by atoms with van der Waals surface area (Å²) in [5.74, 6) is -1.07. The molecule has 0 aromatic carbocycles. The van der Waals surface area contributed by atoms with Crippen LogP contribution in [0.1, 0.15) is 16.7 Å². The summed E-state index contributed by atoms with van der Waals surface area (Å²) in [4.78, 5) is 38.8. The van der Waals surface area contributed by atoms with Crippen LogP contribution < -0.4 is 0 Å². The third-order valence-electron chi connectivity index (χ3n) is 2.79. The smallest absolute Gasteiger partial charge is 0.328 e. The van der Waals surface area contributed by atoms with E-state index in [1.807, 2.05) is 19.1 Å². The zero-order valence-corrected chi connectivity index (χ0v) is 12.8. The van der Waals surface area contributed by atoms with Crippen molar-refractivity contribution in [2.75, 3.05) is 7.11 Å². The van der Waals surface area contributed by atoms with Crippen LogP contribution >= 0.6 is 23.1 Å². The van der Waals surface area contributed by atoms with E-state index in [4.69, 9.17) is 0 Å². The van der Waals surface area contributed by atoms with Crippen molar-refractivity contribution in [3.05, 3.63) is 26.8 Å². The molecular formula is C13H13NO4S2. The number of esters is 1. The fraction of sp³-hybridized carbons (Fsp3) is 0.308. The molecule has 106 valence electrons. The molecule has 0 radical (unpaired) electrons. The molecule has 0 aliphatic carbocycles. The van der Waals surface area contributed by atoms with Gasteiger partial charge in [0.2, 0.25) is 0 Å². The van der Waals surface area contributed by atoms with Gasteiger partial charge in [0, 0.05) is 9.75 Å². The van der Waals surface area contributed by atoms with Gasteiger partial charge in [-0.3, -0.25) is 14.5 Å². The number of amides is 2. The molecule has 5 nitrogen and oxygen atoms in total. The average Bonchev–Trinajstić information content (AvgIpc) is 2.93. The maximum absolute atomic E-state index is 12.2. The number of thiophene rings is 1. The Kier molecular flexibility index (Phi) is 4.29. The summed E-state index contributed by atoms with van der Waals surface area (Å²) in [6.45, 7) is 3.44. The zero-order valence-electron chi connectivity index (χ0n) is 11.2. The predicted octanol–water partition coefficient (Wildman–Crippen LogP) is 2.65. The first-order chi connectivity index (χ1) is 9.43. The second-order valence-corrected chi connectivity index (χ2v) is 6.51. The summed E-state index contributed by atoms with van der Waals surface area (Å²) >= 11 is 2.37. The SMILES string of the molecule is COC(=O)[C@H](C)N1C(=O)S/C(=C/c2ccc(C)s2)C1=O. The number of nitrogens with zero attached hydrogens (tertiary/aromatic N) is 1. The number of carbonyl (C=O) groups is 3. The van der Waals surface area contributed by atoms with E-state index in [1.165, 1.54) is 25.4 Å². The largest absolute Gasteiger partial charge is 0.467 e. The van der Waals surface area contributed by atoms with Gasteiger partial charge < -0.3 is 4.74 Å². The van der Waals surface area contributed by atoms with E-state index in [0.29, 0.717) is 4.91 Å². The quantitative estimate of drug-likeness (QED) is 0.634. The summed E-state index contributed by atoms with van der Waals surface area (Å²) in [7, 11) is 1.22. The Morgan fingerprint density at radius 1 is 1.40 bits per heavy atom. The summed E-state index contributed by atoms with van der Waals surface area (Å²) in [5, 5.41) is -0.451. The Hall–Kier alpha value is -1.60. The maximum Gasteiger partial charge on any atom is 0.328 e. The Morgan fingerprint density at radius 2 is 2.10 bits per heavy atom. The average molecular weight is 311 g/mol. The third-order valence-corrected chi connectivity index (χ3v) is 4.62. The number of hydrogen-bond acceptors (Lipinski definition) is 6.